The van der Waals surface area contributed by atoms with E-state index in [0.717, 1.165) is 12.8 Å². The van der Waals surface area contributed by atoms with Gasteiger partial charge < -0.3 is 5.21 Å². The molecule has 1 atom stereocenters. The van der Waals surface area contributed by atoms with Gasteiger partial charge in [-0.1, -0.05) is 0 Å². The van der Waals surface area contributed by atoms with Crippen molar-refractivity contribution in [3.8, 4) is 0 Å². The molecule has 0 amide bonds. The van der Waals surface area contributed by atoms with Crippen LogP contribution in [0.4, 0.5) is 4.39 Å². The number of halogens is 1. The minimum atomic E-state index is -1.34. The van der Waals surface area contributed by atoms with E-state index < -0.39 is 6.30 Å². The van der Waals surface area contributed by atoms with Crippen molar-refractivity contribution in [2.24, 2.45) is 0 Å². The summed E-state index contributed by atoms with van der Waals surface area (Å²) < 4.78 is 12.4. The standard InChI is InChI=1S/C5H10FN2O/c6-5-3-1-2-4-7-8(5)9/h5,7H,1-4H2/q-1. The minimum absolute atomic E-state index is 0.299. The fraction of sp³-hybridized carbons (Fsp3) is 1.00. The molecule has 1 aliphatic rings. The van der Waals surface area contributed by atoms with E-state index in [9.17, 15) is 9.60 Å². The summed E-state index contributed by atoms with van der Waals surface area (Å²) in [5.74, 6) is 0. The van der Waals surface area contributed by atoms with E-state index in [1.807, 2.05) is 0 Å². The van der Waals surface area contributed by atoms with Gasteiger partial charge in [-0.15, -0.1) is 0 Å². The highest BCUT2D eigenvalue weighted by molar-refractivity contribution is 4.62. The van der Waals surface area contributed by atoms with E-state index in [-0.39, 0.29) is 0 Å². The van der Waals surface area contributed by atoms with E-state index in [0.29, 0.717) is 18.1 Å². The zero-order valence-corrected chi connectivity index (χ0v) is 5.14. The summed E-state index contributed by atoms with van der Waals surface area (Å²) in [6.45, 7) is 0.601. The molecular formula is C5H10FN2O-. The molecule has 0 aliphatic carbocycles. The number of alkyl halides is 1. The summed E-state index contributed by atoms with van der Waals surface area (Å²) in [7, 11) is 0. The van der Waals surface area contributed by atoms with Crippen LogP contribution in [0.2, 0.25) is 0 Å². The van der Waals surface area contributed by atoms with Crippen molar-refractivity contribution in [3.05, 3.63) is 5.21 Å². The van der Waals surface area contributed by atoms with E-state index in [1.54, 1.807) is 0 Å². The van der Waals surface area contributed by atoms with Crippen LogP contribution in [-0.2, 0) is 0 Å². The molecule has 0 radical (unpaired) electrons. The van der Waals surface area contributed by atoms with E-state index >= 15 is 0 Å². The first kappa shape index (κ1) is 6.92. The number of hydroxylamine groups is 1. The molecule has 0 aromatic rings. The maximum atomic E-state index is 12.4. The van der Waals surface area contributed by atoms with Gasteiger partial charge in [0, 0.05) is 6.54 Å². The zero-order valence-electron chi connectivity index (χ0n) is 5.14. The van der Waals surface area contributed by atoms with E-state index in [4.69, 9.17) is 0 Å². The lowest BCUT2D eigenvalue weighted by Crippen LogP contribution is -2.37. The number of hydrogen-bond donors (Lipinski definition) is 1. The Balaban J connectivity index is 2.32. The molecular weight excluding hydrogens is 123 g/mol. The summed E-state index contributed by atoms with van der Waals surface area (Å²) >= 11 is 0. The highest BCUT2D eigenvalue weighted by Gasteiger charge is 2.10. The van der Waals surface area contributed by atoms with Crippen LogP contribution in [0, 0.1) is 5.21 Å². The fourth-order valence-corrected chi connectivity index (χ4v) is 0.843. The maximum absolute atomic E-state index is 12.4. The van der Waals surface area contributed by atoms with Crippen LogP contribution in [0.3, 0.4) is 0 Å². The molecule has 4 heteroatoms. The Morgan fingerprint density at radius 1 is 1.56 bits per heavy atom. The van der Waals surface area contributed by atoms with Gasteiger partial charge in [0.25, 0.3) is 0 Å². The monoisotopic (exact) mass is 133 g/mol. The Morgan fingerprint density at radius 2 is 2.33 bits per heavy atom. The normalized spacial score (nSPS) is 32.0. The average Bonchev–Trinajstić information content (AvgIpc) is 1.99. The topological polar surface area (TPSA) is 38.3 Å². The molecule has 0 spiro atoms. The van der Waals surface area contributed by atoms with Crippen molar-refractivity contribution in [3.63, 3.8) is 0 Å². The Morgan fingerprint density at radius 3 is 3.11 bits per heavy atom. The SMILES string of the molecule is [O-]N1NCCCCC1F. The van der Waals surface area contributed by atoms with Crippen LogP contribution in [-0.4, -0.2) is 18.0 Å². The van der Waals surface area contributed by atoms with Gasteiger partial charge in [0.2, 0.25) is 0 Å². The van der Waals surface area contributed by atoms with Crippen molar-refractivity contribution < 1.29 is 4.39 Å². The van der Waals surface area contributed by atoms with Gasteiger partial charge in [0.05, 0.1) is 0 Å². The summed E-state index contributed by atoms with van der Waals surface area (Å²) in [5.41, 5.74) is 2.40. The molecule has 3 nitrogen and oxygen atoms in total. The molecule has 0 saturated carbocycles. The number of nitrogens with one attached hydrogen (secondary N) is 1. The summed E-state index contributed by atoms with van der Waals surface area (Å²) in [6, 6.07) is 0. The van der Waals surface area contributed by atoms with Crippen LogP contribution in [0.15, 0.2) is 0 Å². The van der Waals surface area contributed by atoms with Gasteiger partial charge >= 0.3 is 0 Å². The second-order valence-electron chi connectivity index (χ2n) is 2.16. The molecule has 1 aliphatic heterocycles. The van der Waals surface area contributed by atoms with Crippen molar-refractivity contribution in [2.45, 2.75) is 25.6 Å². The van der Waals surface area contributed by atoms with Gasteiger partial charge in [-0.2, -0.15) is 0 Å². The lowest BCUT2D eigenvalue weighted by atomic mass is 10.2. The minimum Gasteiger partial charge on any atom is -0.770 e. The van der Waals surface area contributed by atoms with Crippen molar-refractivity contribution in [1.82, 2.24) is 10.6 Å². The third kappa shape index (κ3) is 1.89. The van der Waals surface area contributed by atoms with Gasteiger partial charge in [0.15, 0.2) is 6.30 Å². The first-order chi connectivity index (χ1) is 4.30. The van der Waals surface area contributed by atoms with Crippen LogP contribution >= 0.6 is 0 Å². The third-order valence-corrected chi connectivity index (χ3v) is 1.39. The maximum Gasteiger partial charge on any atom is 0.154 e. The van der Waals surface area contributed by atoms with E-state index in [2.05, 4.69) is 5.43 Å². The number of hydrazine groups is 1. The Kier molecular flexibility index (Phi) is 2.38. The molecule has 9 heavy (non-hydrogen) atoms. The smallest absolute Gasteiger partial charge is 0.154 e. The quantitative estimate of drug-likeness (QED) is 0.496. The molecule has 1 heterocycles. The first-order valence-corrected chi connectivity index (χ1v) is 3.14. The summed E-state index contributed by atoms with van der Waals surface area (Å²) in [5, 5.41) is 10.7. The Labute approximate surface area is 53.4 Å². The van der Waals surface area contributed by atoms with Gasteiger partial charge in [-0.05, 0) is 19.3 Å². The second-order valence-corrected chi connectivity index (χ2v) is 2.16. The average molecular weight is 133 g/mol. The van der Waals surface area contributed by atoms with Gasteiger partial charge in [0.1, 0.15) is 0 Å². The zero-order chi connectivity index (χ0) is 6.69. The molecule has 1 unspecified atom stereocenters. The summed E-state index contributed by atoms with van der Waals surface area (Å²) in [6.07, 6.45) is 0.704. The van der Waals surface area contributed by atoms with Crippen LogP contribution in [0.1, 0.15) is 19.3 Å². The highest BCUT2D eigenvalue weighted by atomic mass is 19.1. The number of rotatable bonds is 0. The molecule has 0 aromatic heterocycles. The predicted molar refractivity (Wildman–Crippen MR) is 32.0 cm³/mol. The van der Waals surface area contributed by atoms with Crippen molar-refractivity contribution >= 4 is 0 Å². The molecule has 1 fully saturated rings. The van der Waals surface area contributed by atoms with Gasteiger partial charge in [-0.25, -0.2) is 4.39 Å². The molecule has 0 aromatic carbocycles. The van der Waals surface area contributed by atoms with Crippen molar-refractivity contribution in [2.75, 3.05) is 6.54 Å². The lowest BCUT2D eigenvalue weighted by molar-refractivity contribution is 0.0890. The summed E-state index contributed by atoms with van der Waals surface area (Å²) in [4.78, 5) is 0. The third-order valence-electron chi connectivity index (χ3n) is 1.39. The fourth-order valence-electron chi connectivity index (χ4n) is 0.843. The largest absolute Gasteiger partial charge is 0.770 e. The van der Waals surface area contributed by atoms with Crippen LogP contribution in [0.5, 0.6) is 0 Å². The number of nitrogens with zero attached hydrogens (tertiary/aromatic N) is 1. The highest BCUT2D eigenvalue weighted by Crippen LogP contribution is 2.09. The van der Waals surface area contributed by atoms with Gasteiger partial charge in [-0.3, -0.25) is 10.6 Å². The van der Waals surface area contributed by atoms with Crippen molar-refractivity contribution in [1.29, 1.82) is 0 Å². The van der Waals surface area contributed by atoms with E-state index in [1.165, 1.54) is 0 Å². The molecule has 0 bridgehead atoms. The van der Waals surface area contributed by atoms with Crippen LogP contribution in [0.25, 0.3) is 0 Å². The number of hydrogen-bond acceptors (Lipinski definition) is 3. The molecule has 1 N–H and O–H groups in total. The molecule has 1 saturated heterocycles. The Hall–Kier alpha value is -0.190. The van der Waals surface area contributed by atoms with Crippen LogP contribution < -0.4 is 5.43 Å². The molecule has 54 valence electrons. The Bertz CT molecular complexity index is 81.0. The molecule has 1 rings (SSSR count). The second kappa shape index (κ2) is 3.10. The first-order valence-electron chi connectivity index (χ1n) is 3.14. The lowest BCUT2D eigenvalue weighted by Gasteiger charge is -2.29. The predicted octanol–water partition coefficient (Wildman–Crippen LogP) is 0.770.